The van der Waals surface area contributed by atoms with E-state index < -0.39 is 0 Å². The average molecular weight is 292 g/mol. The predicted molar refractivity (Wildman–Crippen MR) is 78.2 cm³/mol. The Morgan fingerprint density at radius 2 is 2.20 bits per heavy atom. The van der Waals surface area contributed by atoms with Crippen LogP contribution in [0.4, 0.5) is 4.39 Å². The standard InChI is InChI=1S/C15H17FN2OS/c1-10-11(2)20-15(18-10)9-17-14(19)7-6-12-4-3-5-13(16)8-12/h3-5,8H,6-7,9H2,1-2H3,(H,17,19). The quantitative estimate of drug-likeness (QED) is 0.920. The third-order valence-electron chi connectivity index (χ3n) is 3.04. The van der Waals surface area contributed by atoms with E-state index in [4.69, 9.17) is 0 Å². The van der Waals surface area contributed by atoms with Crippen molar-refractivity contribution in [1.82, 2.24) is 10.3 Å². The van der Waals surface area contributed by atoms with E-state index >= 15 is 0 Å². The van der Waals surface area contributed by atoms with E-state index in [1.807, 2.05) is 19.9 Å². The van der Waals surface area contributed by atoms with Crippen LogP contribution in [0.3, 0.4) is 0 Å². The summed E-state index contributed by atoms with van der Waals surface area (Å²) >= 11 is 1.60. The van der Waals surface area contributed by atoms with Crippen molar-refractivity contribution in [1.29, 1.82) is 0 Å². The van der Waals surface area contributed by atoms with E-state index in [1.165, 1.54) is 17.0 Å². The first kappa shape index (κ1) is 14.7. The summed E-state index contributed by atoms with van der Waals surface area (Å²) in [5.74, 6) is -0.309. The summed E-state index contributed by atoms with van der Waals surface area (Å²) < 4.78 is 13.0. The van der Waals surface area contributed by atoms with Crippen LogP contribution in [0.25, 0.3) is 0 Å². The minimum absolute atomic E-state index is 0.0419. The number of aryl methyl sites for hydroxylation is 3. The Labute approximate surface area is 121 Å². The molecule has 0 aliphatic carbocycles. The maximum absolute atomic E-state index is 13.0. The third-order valence-corrected chi connectivity index (χ3v) is 4.11. The fourth-order valence-corrected chi connectivity index (χ4v) is 2.70. The largest absolute Gasteiger partial charge is 0.350 e. The number of nitrogens with one attached hydrogen (secondary N) is 1. The van der Waals surface area contributed by atoms with E-state index in [9.17, 15) is 9.18 Å². The molecule has 0 unspecified atom stereocenters. The van der Waals surface area contributed by atoms with Gasteiger partial charge in [0.25, 0.3) is 0 Å². The van der Waals surface area contributed by atoms with Crippen molar-refractivity contribution < 1.29 is 9.18 Å². The number of rotatable bonds is 5. The smallest absolute Gasteiger partial charge is 0.220 e. The van der Waals surface area contributed by atoms with Crippen LogP contribution < -0.4 is 5.32 Å². The zero-order valence-corrected chi connectivity index (χ0v) is 12.4. The molecule has 0 spiro atoms. The van der Waals surface area contributed by atoms with Gasteiger partial charge in [-0.05, 0) is 38.0 Å². The van der Waals surface area contributed by atoms with Crippen LogP contribution in [0, 0.1) is 19.7 Å². The lowest BCUT2D eigenvalue weighted by atomic mass is 10.1. The summed E-state index contributed by atoms with van der Waals surface area (Å²) in [6.45, 7) is 4.44. The van der Waals surface area contributed by atoms with Gasteiger partial charge in [-0.2, -0.15) is 0 Å². The third kappa shape index (κ3) is 4.13. The molecule has 1 amide bonds. The molecule has 0 saturated heterocycles. The Balaban J connectivity index is 1.78. The Hall–Kier alpha value is -1.75. The first-order valence-corrected chi connectivity index (χ1v) is 7.30. The van der Waals surface area contributed by atoms with E-state index in [0.717, 1.165) is 16.3 Å². The molecule has 0 fully saturated rings. The zero-order valence-electron chi connectivity index (χ0n) is 11.6. The van der Waals surface area contributed by atoms with Crippen molar-refractivity contribution in [3.8, 4) is 0 Å². The molecule has 1 aromatic heterocycles. The van der Waals surface area contributed by atoms with E-state index in [2.05, 4.69) is 10.3 Å². The second-order valence-corrected chi connectivity index (χ2v) is 5.94. The number of aromatic nitrogens is 1. The molecule has 0 bridgehead atoms. The van der Waals surface area contributed by atoms with Crippen molar-refractivity contribution in [2.75, 3.05) is 0 Å². The number of carbonyl (C=O) groups is 1. The Bertz CT molecular complexity index is 590. The molecule has 0 atom stereocenters. The van der Waals surface area contributed by atoms with E-state index in [0.29, 0.717) is 19.4 Å². The normalized spacial score (nSPS) is 10.6. The maximum atomic E-state index is 13.0. The van der Waals surface area contributed by atoms with Crippen LogP contribution >= 0.6 is 11.3 Å². The second-order valence-electron chi connectivity index (χ2n) is 4.66. The molecule has 1 heterocycles. The first-order chi connectivity index (χ1) is 9.54. The van der Waals surface area contributed by atoms with Crippen molar-refractivity contribution in [2.24, 2.45) is 0 Å². The number of benzene rings is 1. The Morgan fingerprint density at radius 3 is 2.85 bits per heavy atom. The van der Waals surface area contributed by atoms with E-state index in [-0.39, 0.29) is 11.7 Å². The van der Waals surface area contributed by atoms with Gasteiger partial charge in [0.05, 0.1) is 12.2 Å². The number of halogens is 1. The maximum Gasteiger partial charge on any atom is 0.220 e. The van der Waals surface area contributed by atoms with Gasteiger partial charge in [-0.3, -0.25) is 4.79 Å². The van der Waals surface area contributed by atoms with Crippen LogP contribution in [0.2, 0.25) is 0 Å². The Morgan fingerprint density at radius 1 is 1.40 bits per heavy atom. The van der Waals surface area contributed by atoms with Gasteiger partial charge in [-0.25, -0.2) is 9.37 Å². The van der Waals surface area contributed by atoms with Gasteiger partial charge in [0.1, 0.15) is 10.8 Å². The molecule has 0 radical (unpaired) electrons. The van der Waals surface area contributed by atoms with Gasteiger partial charge >= 0.3 is 0 Å². The highest BCUT2D eigenvalue weighted by Crippen LogP contribution is 2.16. The summed E-state index contributed by atoms with van der Waals surface area (Å²) in [6.07, 6.45) is 0.895. The SMILES string of the molecule is Cc1nc(CNC(=O)CCc2cccc(F)c2)sc1C. The number of carbonyl (C=O) groups excluding carboxylic acids is 1. The summed E-state index contributed by atoms with van der Waals surface area (Å²) in [5.41, 5.74) is 1.85. The highest BCUT2D eigenvalue weighted by Gasteiger charge is 2.06. The lowest BCUT2D eigenvalue weighted by Crippen LogP contribution is -2.22. The van der Waals surface area contributed by atoms with Crippen LogP contribution in [-0.2, 0) is 17.8 Å². The second kappa shape index (κ2) is 6.61. The van der Waals surface area contributed by atoms with Crippen molar-refractivity contribution >= 4 is 17.2 Å². The molecule has 2 aromatic rings. The number of hydrogen-bond acceptors (Lipinski definition) is 3. The van der Waals surface area contributed by atoms with Gasteiger partial charge in [0.15, 0.2) is 0 Å². The predicted octanol–water partition coefficient (Wildman–Crippen LogP) is 3.15. The van der Waals surface area contributed by atoms with Crippen LogP contribution in [-0.4, -0.2) is 10.9 Å². The van der Waals surface area contributed by atoms with Gasteiger partial charge in [0.2, 0.25) is 5.91 Å². The molecule has 2 rings (SSSR count). The molecular formula is C15H17FN2OS. The molecule has 0 aliphatic heterocycles. The van der Waals surface area contributed by atoms with Gasteiger partial charge in [-0.15, -0.1) is 11.3 Å². The van der Waals surface area contributed by atoms with Crippen LogP contribution in [0.1, 0.15) is 27.6 Å². The fraction of sp³-hybridized carbons (Fsp3) is 0.333. The van der Waals surface area contributed by atoms with Crippen LogP contribution in [0.15, 0.2) is 24.3 Å². The summed E-state index contributed by atoms with van der Waals surface area (Å²) in [5, 5.41) is 3.76. The number of hydrogen-bond donors (Lipinski definition) is 1. The minimum atomic E-state index is -0.267. The van der Waals surface area contributed by atoms with Crippen LogP contribution in [0.5, 0.6) is 0 Å². The first-order valence-electron chi connectivity index (χ1n) is 6.48. The molecule has 20 heavy (non-hydrogen) atoms. The number of thiazole rings is 1. The molecule has 3 nitrogen and oxygen atoms in total. The highest BCUT2D eigenvalue weighted by molar-refractivity contribution is 7.11. The average Bonchev–Trinajstić information content (AvgIpc) is 2.73. The van der Waals surface area contributed by atoms with Crippen molar-refractivity contribution in [3.05, 3.63) is 51.2 Å². The molecule has 0 saturated carbocycles. The zero-order chi connectivity index (χ0) is 14.5. The van der Waals surface area contributed by atoms with Gasteiger partial charge < -0.3 is 5.32 Å². The molecule has 0 aliphatic rings. The molecular weight excluding hydrogens is 275 g/mol. The van der Waals surface area contributed by atoms with Gasteiger partial charge in [0, 0.05) is 11.3 Å². The van der Waals surface area contributed by atoms with Crippen molar-refractivity contribution in [3.63, 3.8) is 0 Å². The fourth-order valence-electron chi connectivity index (χ4n) is 1.83. The molecule has 106 valence electrons. The lowest BCUT2D eigenvalue weighted by molar-refractivity contribution is -0.121. The highest BCUT2D eigenvalue weighted by atomic mass is 32.1. The number of nitrogens with zero attached hydrogens (tertiary/aromatic N) is 1. The van der Waals surface area contributed by atoms with Crippen molar-refractivity contribution in [2.45, 2.75) is 33.2 Å². The molecule has 1 N–H and O–H groups in total. The summed E-state index contributed by atoms with van der Waals surface area (Å²) in [4.78, 5) is 17.3. The lowest BCUT2D eigenvalue weighted by Gasteiger charge is -2.03. The monoisotopic (exact) mass is 292 g/mol. The van der Waals surface area contributed by atoms with E-state index in [1.54, 1.807) is 17.4 Å². The Kier molecular flexibility index (Phi) is 4.84. The number of amides is 1. The van der Waals surface area contributed by atoms with Gasteiger partial charge in [-0.1, -0.05) is 12.1 Å². The topological polar surface area (TPSA) is 42.0 Å². The molecule has 5 heteroatoms. The minimum Gasteiger partial charge on any atom is -0.350 e. The summed E-state index contributed by atoms with van der Waals surface area (Å²) in [6, 6.07) is 6.34. The summed E-state index contributed by atoms with van der Waals surface area (Å²) in [7, 11) is 0. The molecule has 1 aromatic carbocycles.